The third-order valence-corrected chi connectivity index (χ3v) is 7.03. The Labute approximate surface area is 154 Å². The van der Waals surface area contributed by atoms with Crippen LogP contribution in [0.1, 0.15) is 59.9 Å². The first-order chi connectivity index (χ1) is 12.4. The number of Topliss-reactive ketones (excluding diaryl/α,β-unsaturated/α-hetero) is 1. The number of rotatable bonds is 4. The first-order valence-corrected chi connectivity index (χ1v) is 9.31. The zero-order valence-corrected chi connectivity index (χ0v) is 15.6. The van der Waals surface area contributed by atoms with Crippen LogP contribution in [0.5, 0.6) is 0 Å². The van der Waals surface area contributed by atoms with Crippen molar-refractivity contribution in [2.45, 2.75) is 33.6 Å². The van der Waals surface area contributed by atoms with Crippen molar-refractivity contribution in [1.82, 2.24) is 0 Å². The number of allylic oxidation sites excluding steroid dienone is 2. The fraction of sp³-hybridized carbons (Fsp3) is 0.333. The number of carbonyl (C=O) groups is 2. The van der Waals surface area contributed by atoms with Crippen molar-refractivity contribution in [3.8, 4) is 0 Å². The van der Waals surface area contributed by atoms with Gasteiger partial charge < -0.3 is 0 Å². The van der Waals surface area contributed by atoms with Gasteiger partial charge in [-0.1, -0.05) is 75.4 Å². The second-order valence-electron chi connectivity index (χ2n) is 8.33. The van der Waals surface area contributed by atoms with Crippen LogP contribution in [0.3, 0.4) is 0 Å². The van der Waals surface area contributed by atoms with Crippen molar-refractivity contribution in [3.05, 3.63) is 76.9 Å². The molecular weight excluding hydrogens is 320 g/mol. The maximum atomic E-state index is 13.5. The van der Waals surface area contributed by atoms with Crippen molar-refractivity contribution < 1.29 is 9.59 Å². The lowest BCUT2D eigenvalue weighted by molar-refractivity contribution is 0.101. The molecule has 2 nitrogen and oxygen atoms in total. The standard InChI is InChI=1S/C24H24O2/c1-23(2)19-13-14-24(23,3)21(18-12-8-7-11-17(18)15-25)20(19)22(26)16-9-5-4-6-10-16/h4-12,15,19H,13-14H2,1-3H3/t19-,24-/m1/s1. The maximum Gasteiger partial charge on any atom is 0.189 e. The van der Waals surface area contributed by atoms with Crippen molar-refractivity contribution in [3.63, 3.8) is 0 Å². The van der Waals surface area contributed by atoms with E-state index in [4.69, 9.17) is 0 Å². The molecule has 132 valence electrons. The van der Waals surface area contributed by atoms with E-state index in [1.54, 1.807) is 0 Å². The number of carbonyl (C=O) groups excluding carboxylic acids is 2. The first-order valence-electron chi connectivity index (χ1n) is 9.31. The van der Waals surface area contributed by atoms with Gasteiger partial charge in [0.1, 0.15) is 0 Å². The van der Waals surface area contributed by atoms with Crippen molar-refractivity contribution >= 4 is 17.6 Å². The molecule has 2 aromatic carbocycles. The van der Waals surface area contributed by atoms with Crippen LogP contribution in [0.25, 0.3) is 5.57 Å². The molecule has 1 fully saturated rings. The van der Waals surface area contributed by atoms with Crippen molar-refractivity contribution in [2.24, 2.45) is 16.7 Å². The zero-order chi connectivity index (χ0) is 18.5. The summed E-state index contributed by atoms with van der Waals surface area (Å²) in [5.41, 5.74) is 4.24. The molecule has 0 spiro atoms. The lowest BCUT2D eigenvalue weighted by atomic mass is 9.66. The second-order valence-corrected chi connectivity index (χ2v) is 8.33. The van der Waals surface area contributed by atoms with E-state index >= 15 is 0 Å². The second kappa shape index (κ2) is 5.77. The average Bonchev–Trinajstić information content (AvgIpc) is 2.99. The summed E-state index contributed by atoms with van der Waals surface area (Å²) in [6.45, 7) is 6.83. The summed E-state index contributed by atoms with van der Waals surface area (Å²) in [5, 5.41) is 0. The van der Waals surface area contributed by atoms with Gasteiger partial charge >= 0.3 is 0 Å². The van der Waals surface area contributed by atoms with Crippen molar-refractivity contribution in [1.29, 1.82) is 0 Å². The quantitative estimate of drug-likeness (QED) is 0.535. The maximum absolute atomic E-state index is 13.5. The molecule has 0 amide bonds. The molecule has 0 radical (unpaired) electrons. The predicted octanol–water partition coefficient (Wildman–Crippen LogP) is 5.59. The molecule has 0 saturated heterocycles. The molecule has 26 heavy (non-hydrogen) atoms. The molecule has 1 saturated carbocycles. The SMILES string of the molecule is CC1(C)[C@@H]2CC[C@]1(C)C(c1ccccc1C=O)=C2C(=O)c1ccccc1. The highest BCUT2D eigenvalue weighted by atomic mass is 16.1. The van der Waals surface area contributed by atoms with Gasteiger partial charge in [0.15, 0.2) is 12.1 Å². The van der Waals surface area contributed by atoms with Crippen LogP contribution in [0, 0.1) is 16.7 Å². The van der Waals surface area contributed by atoms with E-state index in [0.717, 1.165) is 41.4 Å². The highest BCUT2D eigenvalue weighted by molar-refractivity contribution is 6.16. The Morgan fingerprint density at radius 3 is 2.35 bits per heavy atom. The van der Waals surface area contributed by atoms with Crippen LogP contribution in [0.4, 0.5) is 0 Å². The van der Waals surface area contributed by atoms with E-state index in [1.165, 1.54) is 0 Å². The molecule has 0 N–H and O–H groups in total. The Balaban J connectivity index is 2.00. The molecule has 2 heteroatoms. The topological polar surface area (TPSA) is 34.1 Å². The number of hydrogen-bond acceptors (Lipinski definition) is 2. The number of fused-ring (bicyclic) bond motifs is 2. The summed E-state index contributed by atoms with van der Waals surface area (Å²) >= 11 is 0. The highest BCUT2D eigenvalue weighted by Gasteiger charge is 2.62. The summed E-state index contributed by atoms with van der Waals surface area (Å²) in [5.74, 6) is 0.345. The molecule has 2 bridgehead atoms. The van der Waals surface area contributed by atoms with Crippen LogP contribution in [0.15, 0.2) is 60.2 Å². The van der Waals surface area contributed by atoms with Crippen LogP contribution in [-0.4, -0.2) is 12.1 Å². The van der Waals surface area contributed by atoms with Gasteiger partial charge in [-0.25, -0.2) is 0 Å². The number of hydrogen-bond donors (Lipinski definition) is 0. The number of benzene rings is 2. The van der Waals surface area contributed by atoms with E-state index in [-0.39, 0.29) is 22.5 Å². The summed E-state index contributed by atoms with van der Waals surface area (Å²) in [4.78, 5) is 25.2. The third kappa shape index (κ3) is 2.11. The average molecular weight is 344 g/mol. The van der Waals surface area contributed by atoms with Gasteiger partial charge in [-0.2, -0.15) is 0 Å². The zero-order valence-electron chi connectivity index (χ0n) is 15.6. The Kier molecular flexibility index (Phi) is 3.76. The predicted molar refractivity (Wildman–Crippen MR) is 104 cm³/mol. The molecule has 2 aliphatic rings. The third-order valence-electron chi connectivity index (χ3n) is 7.03. The molecule has 2 aliphatic carbocycles. The lowest BCUT2D eigenvalue weighted by Crippen LogP contribution is -2.29. The van der Waals surface area contributed by atoms with Gasteiger partial charge in [-0.15, -0.1) is 0 Å². The van der Waals surface area contributed by atoms with E-state index in [0.29, 0.717) is 5.56 Å². The van der Waals surface area contributed by atoms with Gasteiger partial charge in [0.05, 0.1) is 0 Å². The molecule has 4 rings (SSSR count). The molecule has 0 aliphatic heterocycles. The van der Waals surface area contributed by atoms with Gasteiger partial charge in [-0.3, -0.25) is 9.59 Å². The molecule has 0 aromatic heterocycles. The molecule has 0 heterocycles. The Bertz CT molecular complexity index is 920. The van der Waals surface area contributed by atoms with Crippen LogP contribution >= 0.6 is 0 Å². The number of aldehydes is 1. The Morgan fingerprint density at radius 1 is 1.00 bits per heavy atom. The monoisotopic (exact) mass is 344 g/mol. The summed E-state index contributed by atoms with van der Waals surface area (Å²) in [6.07, 6.45) is 3.00. The van der Waals surface area contributed by atoms with E-state index in [2.05, 4.69) is 20.8 Å². The lowest BCUT2D eigenvalue weighted by Gasteiger charge is -2.37. The normalized spacial score (nSPS) is 26.2. The molecule has 2 atom stereocenters. The fourth-order valence-electron chi connectivity index (χ4n) is 5.21. The Morgan fingerprint density at radius 2 is 1.65 bits per heavy atom. The summed E-state index contributed by atoms with van der Waals surface area (Å²) in [6, 6.07) is 17.2. The first kappa shape index (κ1) is 17.0. The fourth-order valence-corrected chi connectivity index (χ4v) is 5.21. The van der Waals surface area contributed by atoms with Gasteiger partial charge in [0.2, 0.25) is 0 Å². The van der Waals surface area contributed by atoms with Crippen molar-refractivity contribution in [2.75, 3.05) is 0 Å². The van der Waals surface area contributed by atoms with E-state index < -0.39 is 0 Å². The van der Waals surface area contributed by atoms with Crippen LogP contribution in [0.2, 0.25) is 0 Å². The summed E-state index contributed by atoms with van der Waals surface area (Å²) < 4.78 is 0. The van der Waals surface area contributed by atoms with Gasteiger partial charge in [0.25, 0.3) is 0 Å². The van der Waals surface area contributed by atoms with Crippen LogP contribution < -0.4 is 0 Å². The van der Waals surface area contributed by atoms with Gasteiger partial charge in [0, 0.05) is 16.7 Å². The minimum atomic E-state index is -0.101. The molecule has 2 aromatic rings. The van der Waals surface area contributed by atoms with Gasteiger partial charge in [-0.05, 0) is 40.7 Å². The minimum absolute atomic E-state index is 0.00188. The molecular formula is C24H24O2. The summed E-state index contributed by atoms with van der Waals surface area (Å²) in [7, 11) is 0. The van der Waals surface area contributed by atoms with Crippen LogP contribution in [-0.2, 0) is 0 Å². The largest absolute Gasteiger partial charge is 0.298 e. The smallest absolute Gasteiger partial charge is 0.189 e. The Hall–Kier alpha value is -2.48. The number of ketones is 1. The van der Waals surface area contributed by atoms with E-state index in [1.807, 2.05) is 54.6 Å². The van der Waals surface area contributed by atoms with E-state index in [9.17, 15) is 9.59 Å². The highest BCUT2D eigenvalue weighted by Crippen LogP contribution is 2.70. The molecule has 0 unspecified atom stereocenters. The minimum Gasteiger partial charge on any atom is -0.298 e.